The first-order chi connectivity index (χ1) is 21.8. The number of thioether (sulfide) groups is 1. The SMILES string of the molecule is COC(=O)C(N)CS.COC(=O)C1CSC(c2ccccc2)=N1.Oc1ccccc1.S.S=C(Oc1ccccc1)c1ccccc1. The third kappa shape index (κ3) is 15.5. The monoisotopic (exact) mass is 698 g/mol. The summed E-state index contributed by atoms with van der Waals surface area (Å²) in [6.07, 6.45) is 0. The van der Waals surface area contributed by atoms with Crippen LogP contribution in [0, 0.1) is 0 Å². The number of nitrogens with two attached hydrogens (primary N) is 1. The number of ether oxygens (including phenoxy) is 3. The van der Waals surface area contributed by atoms with Crippen LogP contribution >= 0.6 is 50.1 Å². The summed E-state index contributed by atoms with van der Waals surface area (Å²) in [4.78, 5) is 25.9. The number of methoxy groups -OCH3 is 2. The average molecular weight is 699 g/mol. The summed E-state index contributed by atoms with van der Waals surface area (Å²) in [7, 11) is 2.69. The predicted molar refractivity (Wildman–Crippen MR) is 199 cm³/mol. The Hall–Kier alpha value is -3.81. The predicted octanol–water partition coefficient (Wildman–Crippen LogP) is 6.08. The van der Waals surface area contributed by atoms with Gasteiger partial charge in [0.2, 0.25) is 0 Å². The van der Waals surface area contributed by atoms with E-state index in [0.29, 0.717) is 22.3 Å². The first kappa shape index (κ1) is 40.2. The number of carbonyl (C=O) groups excluding carboxylic acids is 2. The van der Waals surface area contributed by atoms with Gasteiger partial charge in [0.25, 0.3) is 0 Å². The van der Waals surface area contributed by atoms with Crippen molar-refractivity contribution in [2.45, 2.75) is 12.1 Å². The van der Waals surface area contributed by atoms with Gasteiger partial charge in [-0.3, -0.25) is 9.79 Å². The molecule has 0 aromatic heterocycles. The van der Waals surface area contributed by atoms with Gasteiger partial charge in [0.15, 0.2) is 11.1 Å². The first-order valence-corrected chi connectivity index (χ1v) is 15.7. The molecule has 0 radical (unpaired) electrons. The fraction of sp³-hybridized carbons (Fsp3) is 0.176. The Bertz CT molecular complexity index is 1460. The topological polar surface area (TPSA) is 120 Å². The van der Waals surface area contributed by atoms with Crippen LogP contribution in [0.2, 0.25) is 0 Å². The quantitative estimate of drug-likeness (QED) is 0.125. The molecule has 0 fully saturated rings. The lowest BCUT2D eigenvalue weighted by Gasteiger charge is -2.06. The molecule has 3 N–H and O–H groups in total. The number of rotatable bonds is 6. The van der Waals surface area contributed by atoms with Crippen LogP contribution in [0.25, 0.3) is 0 Å². The lowest BCUT2D eigenvalue weighted by atomic mass is 10.2. The number of nitrogens with zero attached hydrogens (tertiary/aromatic N) is 1. The second kappa shape index (κ2) is 23.5. The van der Waals surface area contributed by atoms with E-state index in [9.17, 15) is 9.59 Å². The lowest BCUT2D eigenvalue weighted by molar-refractivity contribution is -0.142. The zero-order valence-electron chi connectivity index (χ0n) is 25.4. The molecule has 1 aliphatic rings. The molecular formula is C34H38N2O6S4. The Kier molecular flexibility index (Phi) is 20.6. The van der Waals surface area contributed by atoms with E-state index in [1.54, 1.807) is 36.0 Å². The summed E-state index contributed by atoms with van der Waals surface area (Å²) in [5, 5.41) is 10.1. The van der Waals surface area contributed by atoms with E-state index in [-0.39, 0.29) is 25.5 Å². The van der Waals surface area contributed by atoms with Gasteiger partial charge >= 0.3 is 11.9 Å². The van der Waals surface area contributed by atoms with Crippen molar-refractivity contribution in [3.63, 3.8) is 0 Å². The number of para-hydroxylation sites is 2. The van der Waals surface area contributed by atoms with E-state index in [2.05, 4.69) is 27.1 Å². The molecule has 0 saturated heterocycles. The zero-order valence-corrected chi connectivity index (χ0v) is 28.9. The Morgan fingerprint density at radius 1 is 0.891 bits per heavy atom. The molecule has 0 bridgehead atoms. The highest BCUT2D eigenvalue weighted by molar-refractivity contribution is 8.14. The molecule has 0 saturated carbocycles. The summed E-state index contributed by atoms with van der Waals surface area (Å²) in [5.74, 6) is 1.42. The number of phenols is 1. The van der Waals surface area contributed by atoms with Gasteiger partial charge < -0.3 is 25.1 Å². The summed E-state index contributed by atoms with van der Waals surface area (Å²) < 4.78 is 14.5. The minimum Gasteiger partial charge on any atom is -0.508 e. The second-order valence-electron chi connectivity index (χ2n) is 8.87. The second-order valence-corrected chi connectivity index (χ2v) is 10.6. The van der Waals surface area contributed by atoms with Crippen LogP contribution in [0.3, 0.4) is 0 Å². The highest BCUT2D eigenvalue weighted by Crippen LogP contribution is 2.23. The maximum absolute atomic E-state index is 11.2. The van der Waals surface area contributed by atoms with Crippen LogP contribution in [-0.4, -0.2) is 64.9 Å². The molecule has 2 unspecified atom stereocenters. The summed E-state index contributed by atoms with van der Waals surface area (Å²) >= 11 is 10.6. The van der Waals surface area contributed by atoms with E-state index < -0.39 is 12.0 Å². The summed E-state index contributed by atoms with van der Waals surface area (Å²) in [5.41, 5.74) is 7.17. The van der Waals surface area contributed by atoms with Gasteiger partial charge in [-0.25, -0.2) is 4.79 Å². The van der Waals surface area contributed by atoms with Crippen LogP contribution in [0.5, 0.6) is 11.5 Å². The van der Waals surface area contributed by atoms with Gasteiger partial charge in [-0.15, -0.1) is 11.8 Å². The number of aromatic hydroxyl groups is 1. The zero-order chi connectivity index (χ0) is 32.9. The van der Waals surface area contributed by atoms with Gasteiger partial charge in [0, 0.05) is 22.6 Å². The minimum absolute atomic E-state index is 0. The van der Waals surface area contributed by atoms with E-state index in [1.165, 1.54) is 14.2 Å². The summed E-state index contributed by atoms with van der Waals surface area (Å²) in [6, 6.07) is 36.9. The third-order valence-corrected chi connectivity index (χ3v) is 7.37. The molecule has 1 aliphatic heterocycles. The van der Waals surface area contributed by atoms with Crippen molar-refractivity contribution in [2.75, 3.05) is 25.7 Å². The van der Waals surface area contributed by atoms with E-state index in [0.717, 1.165) is 21.9 Å². The number of thiol groups is 1. The van der Waals surface area contributed by atoms with E-state index >= 15 is 0 Å². The molecule has 5 rings (SSSR count). The van der Waals surface area contributed by atoms with Crippen LogP contribution < -0.4 is 10.5 Å². The average Bonchev–Trinajstić information content (AvgIpc) is 3.60. The molecule has 4 aromatic carbocycles. The molecule has 4 aromatic rings. The molecule has 8 nitrogen and oxygen atoms in total. The Morgan fingerprint density at radius 2 is 1.39 bits per heavy atom. The van der Waals surface area contributed by atoms with Crippen molar-refractivity contribution < 1.29 is 28.9 Å². The number of hydrogen-bond donors (Lipinski definition) is 3. The van der Waals surface area contributed by atoms with Crippen molar-refractivity contribution in [1.29, 1.82) is 0 Å². The van der Waals surface area contributed by atoms with E-state index in [1.807, 2.05) is 97.1 Å². The molecule has 12 heteroatoms. The molecule has 0 amide bonds. The standard InChI is InChI=1S/C13H10OS.C11H11NO2S.C6H6O.C4H9NO2S.H2S/c15-13(11-7-3-1-4-8-11)14-12-9-5-2-6-10-12;1-14-11(13)9-7-15-10(12-9)8-5-3-2-4-6-8;7-6-4-2-1-3-5-6;1-7-4(6)3(5)2-8;/h1-10H;2-6,9H,7H2,1H3;1-5,7H;3,8H,2,5H2,1H3;1H2. The van der Waals surface area contributed by atoms with Crippen molar-refractivity contribution in [3.05, 3.63) is 132 Å². The normalized spacial score (nSPS) is 13.1. The van der Waals surface area contributed by atoms with Crippen molar-refractivity contribution in [2.24, 2.45) is 10.7 Å². The number of phenolic OH excluding ortho intramolecular Hbond substituents is 1. The molecule has 1 heterocycles. The maximum Gasteiger partial charge on any atom is 0.331 e. The summed E-state index contributed by atoms with van der Waals surface area (Å²) in [6.45, 7) is 0. The van der Waals surface area contributed by atoms with Crippen molar-refractivity contribution in [3.8, 4) is 11.5 Å². The van der Waals surface area contributed by atoms with Gasteiger partial charge in [-0.05, 0) is 36.5 Å². The number of thiocarbonyl (C=S) groups is 1. The number of benzene rings is 4. The minimum atomic E-state index is -0.580. The van der Waals surface area contributed by atoms with Crippen LogP contribution in [-0.2, 0) is 19.1 Å². The lowest BCUT2D eigenvalue weighted by Crippen LogP contribution is -2.32. The number of aliphatic imine (C=N–C) groups is 1. The largest absolute Gasteiger partial charge is 0.508 e. The highest BCUT2D eigenvalue weighted by Gasteiger charge is 2.26. The molecule has 0 aliphatic carbocycles. The molecule has 244 valence electrons. The molecule has 2 atom stereocenters. The van der Waals surface area contributed by atoms with Crippen LogP contribution in [0.4, 0.5) is 0 Å². The Morgan fingerprint density at radius 3 is 1.83 bits per heavy atom. The molecule has 46 heavy (non-hydrogen) atoms. The number of hydrogen-bond acceptors (Lipinski definition) is 11. The fourth-order valence-corrected chi connectivity index (χ4v) is 4.66. The maximum atomic E-state index is 11.2. The van der Waals surface area contributed by atoms with Gasteiger partial charge in [-0.2, -0.15) is 26.1 Å². The third-order valence-electron chi connectivity index (χ3n) is 5.57. The van der Waals surface area contributed by atoms with Crippen molar-refractivity contribution >= 4 is 72.1 Å². The van der Waals surface area contributed by atoms with Crippen LogP contribution in [0.15, 0.2) is 126 Å². The van der Waals surface area contributed by atoms with E-state index in [4.69, 9.17) is 27.8 Å². The van der Waals surface area contributed by atoms with Crippen molar-refractivity contribution in [1.82, 2.24) is 0 Å². The van der Waals surface area contributed by atoms with Crippen LogP contribution in [0.1, 0.15) is 11.1 Å². The number of esters is 2. The Balaban J connectivity index is 0.000000321. The molecule has 0 spiro atoms. The van der Waals surface area contributed by atoms with Gasteiger partial charge in [0.1, 0.15) is 17.5 Å². The fourth-order valence-electron chi connectivity index (χ4n) is 3.25. The van der Waals surface area contributed by atoms with Gasteiger partial charge in [-0.1, -0.05) is 97.1 Å². The highest BCUT2D eigenvalue weighted by atomic mass is 32.2. The van der Waals surface area contributed by atoms with Gasteiger partial charge in [0.05, 0.1) is 19.3 Å². The smallest absolute Gasteiger partial charge is 0.331 e. The first-order valence-electron chi connectivity index (χ1n) is 13.6. The Labute approximate surface area is 292 Å². The number of carbonyl (C=O) groups is 2. The molecular weight excluding hydrogens is 661 g/mol.